The van der Waals surface area contributed by atoms with Crippen molar-refractivity contribution in [1.82, 2.24) is 15.2 Å². The number of carboxylic acid groups (broad SMARTS) is 1. The lowest BCUT2D eigenvalue weighted by Gasteiger charge is -2.07. The van der Waals surface area contributed by atoms with Crippen molar-refractivity contribution in [1.29, 1.82) is 0 Å². The Morgan fingerprint density at radius 3 is 2.86 bits per heavy atom. The predicted octanol–water partition coefficient (Wildman–Crippen LogP) is 1.80. The van der Waals surface area contributed by atoms with Crippen molar-refractivity contribution in [2.75, 3.05) is 19.7 Å². The van der Waals surface area contributed by atoms with Gasteiger partial charge in [0.05, 0.1) is 12.9 Å². The zero-order valence-corrected chi connectivity index (χ0v) is 15.7. The van der Waals surface area contributed by atoms with Crippen LogP contribution in [0.2, 0.25) is 0 Å². The van der Waals surface area contributed by atoms with Gasteiger partial charge in [-0.2, -0.15) is 5.48 Å². The van der Waals surface area contributed by atoms with Crippen LogP contribution in [0.25, 0.3) is 22.5 Å². The molecule has 1 aromatic heterocycles. The Balaban J connectivity index is 1.69. The molecule has 0 aliphatic carbocycles. The third kappa shape index (κ3) is 3.93. The number of quaternary nitrogens is 1. The van der Waals surface area contributed by atoms with E-state index in [4.69, 9.17) is 19.4 Å². The minimum absolute atomic E-state index is 0.1000. The van der Waals surface area contributed by atoms with Crippen LogP contribution in [0, 0.1) is 0 Å². The van der Waals surface area contributed by atoms with Crippen LogP contribution in [-0.2, 0) is 9.63 Å². The number of hydrogen-bond donors (Lipinski definition) is 3. The Hall–Kier alpha value is -3.08. The van der Waals surface area contributed by atoms with Crippen LogP contribution < -0.4 is 15.0 Å². The monoisotopic (exact) mass is 401 g/mol. The molecule has 0 atom stereocenters. The molecule has 4 N–H and O–H groups in total. The van der Waals surface area contributed by atoms with Crippen molar-refractivity contribution >= 4 is 23.4 Å². The number of ether oxygens (including phenoxy) is 2. The first kappa shape index (κ1) is 18.3. The standard InChI is InChI=1S/C18H16N4O5S/c1-25-22-13-5-11(10-2-3-14-15(7-10)27-9-26-14)4-12(6-13)17-19-18(21-20-17)28-8-16(23)24/h2-7,22H,8-9H2,1H3,(H,23,24)(H,19,20,21)/p+1. The van der Waals surface area contributed by atoms with Crippen molar-refractivity contribution in [3.05, 3.63) is 36.4 Å². The lowest BCUT2D eigenvalue weighted by Crippen LogP contribution is -2.75. The van der Waals surface area contributed by atoms with E-state index in [2.05, 4.69) is 15.2 Å². The largest absolute Gasteiger partial charge is 0.481 e. The van der Waals surface area contributed by atoms with E-state index in [1.807, 2.05) is 36.4 Å². The van der Waals surface area contributed by atoms with E-state index < -0.39 is 5.97 Å². The van der Waals surface area contributed by atoms with E-state index in [1.54, 1.807) is 12.6 Å². The first-order chi connectivity index (χ1) is 13.6. The number of hydrogen-bond acceptors (Lipinski definition) is 7. The molecule has 9 nitrogen and oxygen atoms in total. The number of nitrogens with zero attached hydrogens (tertiary/aromatic N) is 2. The van der Waals surface area contributed by atoms with Gasteiger partial charge in [0.25, 0.3) is 0 Å². The van der Waals surface area contributed by atoms with E-state index in [1.165, 1.54) is 0 Å². The average molecular weight is 401 g/mol. The lowest BCUT2D eigenvalue weighted by molar-refractivity contribution is -0.830. The van der Waals surface area contributed by atoms with Gasteiger partial charge in [-0.3, -0.25) is 9.89 Å². The Morgan fingerprint density at radius 1 is 1.21 bits per heavy atom. The number of benzene rings is 2. The van der Waals surface area contributed by atoms with E-state index in [0.717, 1.165) is 39.9 Å². The second-order valence-corrected chi connectivity index (χ2v) is 6.86. The molecule has 0 saturated carbocycles. The Kier molecular flexibility index (Phi) is 5.15. The highest BCUT2D eigenvalue weighted by atomic mass is 32.2. The first-order valence-corrected chi connectivity index (χ1v) is 9.29. The van der Waals surface area contributed by atoms with Crippen molar-refractivity contribution in [2.45, 2.75) is 5.16 Å². The number of aliphatic carboxylic acids is 1. The van der Waals surface area contributed by atoms with E-state index in [-0.39, 0.29) is 12.5 Å². The second kappa shape index (κ2) is 7.89. The number of nitrogens with one attached hydrogen (secondary N) is 1. The minimum Gasteiger partial charge on any atom is -0.481 e. The fourth-order valence-corrected chi connectivity index (χ4v) is 3.32. The molecule has 0 amide bonds. The summed E-state index contributed by atoms with van der Waals surface area (Å²) >= 11 is 1.06. The molecule has 28 heavy (non-hydrogen) atoms. The molecule has 10 heteroatoms. The summed E-state index contributed by atoms with van der Waals surface area (Å²) in [5.41, 5.74) is 5.18. The number of nitrogens with two attached hydrogens (primary N) is 1. The molecule has 144 valence electrons. The summed E-state index contributed by atoms with van der Waals surface area (Å²) in [6, 6.07) is 11.6. The summed E-state index contributed by atoms with van der Waals surface area (Å²) in [6.45, 7) is 0.219. The van der Waals surface area contributed by atoms with E-state index >= 15 is 0 Å². The Labute approximate surface area is 164 Å². The zero-order valence-electron chi connectivity index (χ0n) is 14.8. The zero-order chi connectivity index (χ0) is 19.5. The summed E-state index contributed by atoms with van der Waals surface area (Å²) < 4.78 is 10.8. The average Bonchev–Trinajstić information content (AvgIpc) is 3.35. The number of H-pyrrole nitrogens is 1. The van der Waals surface area contributed by atoms with E-state index in [0.29, 0.717) is 16.7 Å². The fraction of sp³-hybridized carbons (Fsp3) is 0.167. The second-order valence-electron chi connectivity index (χ2n) is 5.91. The lowest BCUT2D eigenvalue weighted by atomic mass is 10.0. The van der Waals surface area contributed by atoms with Gasteiger partial charge in [0.1, 0.15) is 0 Å². The summed E-state index contributed by atoms with van der Waals surface area (Å²) in [7, 11) is 1.59. The molecule has 0 bridgehead atoms. The quantitative estimate of drug-likeness (QED) is 0.311. The van der Waals surface area contributed by atoms with Gasteiger partial charge in [0.2, 0.25) is 11.9 Å². The number of fused-ring (bicyclic) bond motifs is 1. The Morgan fingerprint density at radius 2 is 2.04 bits per heavy atom. The van der Waals surface area contributed by atoms with Gasteiger partial charge in [-0.05, 0) is 29.3 Å². The molecule has 4 rings (SSSR count). The third-order valence-electron chi connectivity index (χ3n) is 3.98. The number of rotatable bonds is 7. The summed E-state index contributed by atoms with van der Waals surface area (Å²) in [4.78, 5) is 20.3. The molecule has 0 unspecified atom stereocenters. The van der Waals surface area contributed by atoms with Crippen LogP contribution in [-0.4, -0.2) is 45.9 Å². The topological polar surface area (TPSA) is 123 Å². The summed E-state index contributed by atoms with van der Waals surface area (Å²) in [6.07, 6.45) is 0. The van der Waals surface area contributed by atoms with E-state index in [9.17, 15) is 4.79 Å². The maximum absolute atomic E-state index is 10.7. The fourth-order valence-electron chi connectivity index (χ4n) is 2.80. The van der Waals surface area contributed by atoms with Crippen molar-refractivity contribution in [3.8, 4) is 34.0 Å². The Bertz CT molecular complexity index is 1020. The van der Waals surface area contributed by atoms with Crippen LogP contribution in [0.3, 0.4) is 0 Å². The molecule has 0 spiro atoms. The summed E-state index contributed by atoms with van der Waals surface area (Å²) in [5.74, 6) is 0.947. The van der Waals surface area contributed by atoms with Gasteiger partial charge in [-0.25, -0.2) is 9.82 Å². The van der Waals surface area contributed by atoms with Gasteiger partial charge in [0.15, 0.2) is 23.0 Å². The van der Waals surface area contributed by atoms with Crippen LogP contribution >= 0.6 is 11.8 Å². The molecule has 2 aromatic carbocycles. The highest BCUT2D eigenvalue weighted by molar-refractivity contribution is 7.99. The van der Waals surface area contributed by atoms with Gasteiger partial charge >= 0.3 is 5.97 Å². The van der Waals surface area contributed by atoms with Crippen LogP contribution in [0.15, 0.2) is 41.6 Å². The maximum atomic E-state index is 10.7. The SMILES string of the molecule is CO[NH2+]c1cc(-c2ccc3c(c2)OCO3)cc(-c2nc(SCC(=O)O)n[nH]2)c1. The smallest absolute Gasteiger partial charge is 0.313 e. The van der Waals surface area contributed by atoms with Gasteiger partial charge in [-0.15, -0.1) is 5.10 Å². The number of carboxylic acids is 1. The van der Waals surface area contributed by atoms with Crippen molar-refractivity contribution in [2.24, 2.45) is 0 Å². The van der Waals surface area contributed by atoms with Crippen LogP contribution in [0.5, 0.6) is 11.5 Å². The highest BCUT2D eigenvalue weighted by Crippen LogP contribution is 2.37. The number of carbonyl (C=O) groups is 1. The van der Waals surface area contributed by atoms with Crippen LogP contribution in [0.1, 0.15) is 0 Å². The highest BCUT2D eigenvalue weighted by Gasteiger charge is 2.16. The molecule has 1 aliphatic heterocycles. The van der Waals surface area contributed by atoms with Crippen molar-refractivity contribution in [3.63, 3.8) is 0 Å². The van der Waals surface area contributed by atoms with Gasteiger partial charge < -0.3 is 14.6 Å². The predicted molar refractivity (Wildman–Crippen MR) is 100 cm³/mol. The molecule has 0 saturated heterocycles. The molecule has 0 radical (unpaired) electrons. The molecule has 3 aromatic rings. The van der Waals surface area contributed by atoms with Crippen LogP contribution in [0.4, 0.5) is 5.69 Å². The number of aromatic amines is 1. The minimum atomic E-state index is -0.918. The molecule has 1 aliphatic rings. The maximum Gasteiger partial charge on any atom is 0.313 e. The van der Waals surface area contributed by atoms with Gasteiger partial charge in [-0.1, -0.05) is 17.8 Å². The molecular formula is C18H17N4O5S+. The first-order valence-electron chi connectivity index (χ1n) is 8.31. The van der Waals surface area contributed by atoms with Crippen molar-refractivity contribution < 1.29 is 29.7 Å². The summed E-state index contributed by atoms with van der Waals surface area (Å²) in [5, 5.41) is 16.1. The molecule has 2 heterocycles. The molecule has 0 fully saturated rings. The molecular weight excluding hydrogens is 384 g/mol. The normalized spacial score (nSPS) is 12.3. The number of aromatic nitrogens is 3. The third-order valence-corrected chi connectivity index (χ3v) is 4.81. The van der Waals surface area contributed by atoms with Gasteiger partial charge in [0, 0.05) is 17.7 Å². The number of thioether (sulfide) groups is 1.